The second-order valence-corrected chi connectivity index (χ2v) is 8.99. The molecular formula is C23H33FN4O3. The highest BCUT2D eigenvalue weighted by Gasteiger charge is 2.34. The molecule has 2 N–H and O–H groups in total. The van der Waals surface area contributed by atoms with Crippen LogP contribution in [0.5, 0.6) is 0 Å². The summed E-state index contributed by atoms with van der Waals surface area (Å²) in [6.45, 7) is 5.24. The fourth-order valence-electron chi connectivity index (χ4n) is 5.21. The summed E-state index contributed by atoms with van der Waals surface area (Å²) in [4.78, 5) is 29.2. The van der Waals surface area contributed by atoms with Crippen molar-refractivity contribution in [3.8, 4) is 0 Å². The van der Waals surface area contributed by atoms with E-state index in [-0.39, 0.29) is 30.3 Å². The summed E-state index contributed by atoms with van der Waals surface area (Å²) in [6.07, 6.45) is 4.48. The SMILES string of the molecule is COCC(=O)N1CCN(C2CCC[C@@H](NC(=O)C3Cc4c(F)ccc(C)c4N3)C2)CC1. The lowest BCUT2D eigenvalue weighted by Crippen LogP contribution is -2.55. The van der Waals surface area contributed by atoms with Gasteiger partial charge in [0.1, 0.15) is 18.5 Å². The molecule has 0 spiro atoms. The van der Waals surface area contributed by atoms with Gasteiger partial charge in [-0.15, -0.1) is 0 Å². The molecule has 2 heterocycles. The molecule has 1 saturated heterocycles. The number of carbonyl (C=O) groups is 2. The number of fused-ring (bicyclic) bond motifs is 1. The van der Waals surface area contributed by atoms with E-state index in [0.717, 1.165) is 63.1 Å². The quantitative estimate of drug-likeness (QED) is 0.741. The van der Waals surface area contributed by atoms with Gasteiger partial charge in [-0.2, -0.15) is 0 Å². The van der Waals surface area contributed by atoms with Crippen LogP contribution in [0.25, 0.3) is 0 Å². The zero-order valence-corrected chi connectivity index (χ0v) is 18.5. The predicted molar refractivity (Wildman–Crippen MR) is 116 cm³/mol. The van der Waals surface area contributed by atoms with E-state index in [1.54, 1.807) is 13.2 Å². The maximum absolute atomic E-state index is 14.1. The van der Waals surface area contributed by atoms with Gasteiger partial charge in [-0.25, -0.2) is 4.39 Å². The van der Waals surface area contributed by atoms with Gasteiger partial charge in [0.15, 0.2) is 0 Å². The Balaban J connectivity index is 1.28. The van der Waals surface area contributed by atoms with Gasteiger partial charge in [-0.1, -0.05) is 6.07 Å². The van der Waals surface area contributed by atoms with Gasteiger partial charge in [0, 0.05) is 63.0 Å². The number of hydrogen-bond donors (Lipinski definition) is 2. The zero-order valence-electron chi connectivity index (χ0n) is 18.5. The molecule has 1 aromatic carbocycles. The molecule has 31 heavy (non-hydrogen) atoms. The van der Waals surface area contributed by atoms with E-state index in [1.807, 2.05) is 11.8 Å². The molecule has 7 nitrogen and oxygen atoms in total. The van der Waals surface area contributed by atoms with Crippen molar-refractivity contribution in [3.63, 3.8) is 0 Å². The van der Waals surface area contributed by atoms with Crippen LogP contribution in [0, 0.1) is 12.7 Å². The molecule has 2 fully saturated rings. The molecule has 4 rings (SSSR count). The maximum atomic E-state index is 14.1. The number of ether oxygens (including phenoxy) is 1. The number of anilines is 1. The Kier molecular flexibility index (Phi) is 6.77. The first kappa shape index (κ1) is 22.0. The summed E-state index contributed by atoms with van der Waals surface area (Å²) >= 11 is 0. The molecule has 1 saturated carbocycles. The molecular weight excluding hydrogens is 399 g/mol. The van der Waals surface area contributed by atoms with Crippen molar-refractivity contribution in [2.45, 2.75) is 57.2 Å². The molecule has 8 heteroatoms. The Morgan fingerprint density at radius 1 is 1.23 bits per heavy atom. The highest BCUT2D eigenvalue weighted by molar-refractivity contribution is 5.88. The van der Waals surface area contributed by atoms with Gasteiger partial charge in [0.2, 0.25) is 11.8 Å². The van der Waals surface area contributed by atoms with E-state index in [0.29, 0.717) is 18.0 Å². The first-order chi connectivity index (χ1) is 15.0. The number of rotatable bonds is 5. The van der Waals surface area contributed by atoms with Gasteiger partial charge >= 0.3 is 0 Å². The van der Waals surface area contributed by atoms with Crippen molar-refractivity contribution >= 4 is 17.5 Å². The van der Waals surface area contributed by atoms with Crippen molar-refractivity contribution in [1.29, 1.82) is 0 Å². The lowest BCUT2D eigenvalue weighted by atomic mass is 9.89. The minimum atomic E-state index is -0.415. The normalized spacial score (nSPS) is 26.3. The zero-order chi connectivity index (χ0) is 22.0. The summed E-state index contributed by atoms with van der Waals surface area (Å²) in [5, 5.41) is 6.44. The summed E-state index contributed by atoms with van der Waals surface area (Å²) in [5.74, 6) is -0.243. The van der Waals surface area contributed by atoms with E-state index >= 15 is 0 Å². The van der Waals surface area contributed by atoms with E-state index in [1.165, 1.54) is 6.07 Å². The molecule has 3 atom stereocenters. The van der Waals surface area contributed by atoms with Crippen LogP contribution in [0.1, 0.15) is 36.8 Å². The number of methoxy groups -OCH3 is 1. The van der Waals surface area contributed by atoms with Crippen LogP contribution in [0.4, 0.5) is 10.1 Å². The number of piperazine rings is 1. The molecule has 170 valence electrons. The number of amides is 2. The van der Waals surface area contributed by atoms with Crippen LogP contribution >= 0.6 is 0 Å². The average molecular weight is 433 g/mol. The Labute approximate surface area is 183 Å². The predicted octanol–water partition coefficient (Wildman–Crippen LogP) is 1.69. The molecule has 1 aliphatic carbocycles. The number of carbonyl (C=O) groups excluding carboxylic acids is 2. The summed E-state index contributed by atoms with van der Waals surface area (Å²) in [6, 6.07) is 3.37. The molecule has 2 aliphatic heterocycles. The van der Waals surface area contributed by atoms with Crippen molar-refractivity contribution in [2.75, 3.05) is 45.2 Å². The van der Waals surface area contributed by atoms with Gasteiger partial charge in [0.25, 0.3) is 0 Å². The Morgan fingerprint density at radius 2 is 2.00 bits per heavy atom. The minimum absolute atomic E-state index is 0.0457. The van der Waals surface area contributed by atoms with Crippen molar-refractivity contribution < 1.29 is 18.7 Å². The Morgan fingerprint density at radius 3 is 2.71 bits per heavy atom. The minimum Gasteiger partial charge on any atom is -0.375 e. The van der Waals surface area contributed by atoms with Crippen molar-refractivity contribution in [1.82, 2.24) is 15.1 Å². The summed E-state index contributed by atoms with van der Waals surface area (Å²) in [7, 11) is 1.54. The molecule has 2 unspecified atom stereocenters. The third kappa shape index (κ3) is 4.85. The Hall–Kier alpha value is -2.19. The van der Waals surface area contributed by atoms with Crippen molar-refractivity contribution in [3.05, 3.63) is 29.1 Å². The molecule has 0 radical (unpaired) electrons. The Bertz CT molecular complexity index is 794. The monoisotopic (exact) mass is 432 g/mol. The second kappa shape index (κ2) is 9.53. The smallest absolute Gasteiger partial charge is 0.248 e. The van der Waals surface area contributed by atoms with Gasteiger partial charge in [0.05, 0.1) is 0 Å². The highest BCUT2D eigenvalue weighted by atomic mass is 19.1. The maximum Gasteiger partial charge on any atom is 0.248 e. The molecule has 2 amide bonds. The molecule has 0 bridgehead atoms. The average Bonchev–Trinajstić information content (AvgIpc) is 3.24. The highest BCUT2D eigenvalue weighted by Crippen LogP contribution is 2.32. The van der Waals surface area contributed by atoms with Crippen LogP contribution in [0.3, 0.4) is 0 Å². The van der Waals surface area contributed by atoms with E-state index < -0.39 is 6.04 Å². The number of benzene rings is 1. The first-order valence-corrected chi connectivity index (χ1v) is 11.3. The number of nitrogens with one attached hydrogen (secondary N) is 2. The third-order valence-electron chi connectivity index (χ3n) is 6.95. The van der Waals surface area contributed by atoms with E-state index in [9.17, 15) is 14.0 Å². The largest absolute Gasteiger partial charge is 0.375 e. The summed E-state index contributed by atoms with van der Waals surface area (Å²) in [5.41, 5.74) is 2.35. The standard InChI is InChI=1S/C23H33FN4O3/c1-15-6-7-19(24)18-13-20(26-22(15)18)23(30)25-16-4-3-5-17(12-16)27-8-10-28(11-9-27)21(29)14-31-2/h6-7,16-17,20,26H,3-5,8-14H2,1-2H3,(H,25,30)/t16-,17?,20?/m1/s1. The van der Waals surface area contributed by atoms with Gasteiger partial charge < -0.3 is 20.3 Å². The molecule has 0 aromatic heterocycles. The lowest BCUT2D eigenvalue weighted by Gasteiger charge is -2.42. The van der Waals surface area contributed by atoms with Crippen LogP contribution < -0.4 is 10.6 Å². The topological polar surface area (TPSA) is 73.9 Å². The lowest BCUT2D eigenvalue weighted by molar-refractivity contribution is -0.137. The van der Waals surface area contributed by atoms with E-state index in [2.05, 4.69) is 15.5 Å². The number of nitrogens with zero attached hydrogens (tertiary/aromatic N) is 2. The number of hydrogen-bond acceptors (Lipinski definition) is 5. The van der Waals surface area contributed by atoms with Gasteiger partial charge in [-0.3, -0.25) is 14.5 Å². The summed E-state index contributed by atoms with van der Waals surface area (Å²) < 4.78 is 19.1. The van der Waals surface area contributed by atoms with Crippen LogP contribution in [-0.4, -0.2) is 79.6 Å². The fraction of sp³-hybridized carbons (Fsp3) is 0.652. The van der Waals surface area contributed by atoms with Crippen molar-refractivity contribution in [2.24, 2.45) is 0 Å². The van der Waals surface area contributed by atoms with E-state index in [4.69, 9.17) is 4.74 Å². The number of halogens is 1. The third-order valence-corrected chi connectivity index (χ3v) is 6.95. The first-order valence-electron chi connectivity index (χ1n) is 11.3. The van der Waals surface area contributed by atoms with Gasteiger partial charge in [-0.05, 0) is 44.2 Å². The van der Waals surface area contributed by atoms with Crippen LogP contribution in [0.15, 0.2) is 12.1 Å². The number of aryl methyl sites for hydroxylation is 1. The fourth-order valence-corrected chi connectivity index (χ4v) is 5.21. The van der Waals surface area contributed by atoms with Crippen LogP contribution in [-0.2, 0) is 20.7 Å². The molecule has 1 aromatic rings. The van der Waals surface area contributed by atoms with Crippen LogP contribution in [0.2, 0.25) is 0 Å². The second-order valence-electron chi connectivity index (χ2n) is 8.99. The molecule has 3 aliphatic rings.